The number of quaternary nitrogens is 1. The second kappa shape index (κ2) is 7.00. The lowest BCUT2D eigenvalue weighted by Gasteiger charge is -2.25. The second-order valence-electron chi connectivity index (χ2n) is 6.04. The fourth-order valence-corrected chi connectivity index (χ4v) is 4.83. The first-order valence-corrected chi connectivity index (χ1v) is 9.50. The molecule has 0 aliphatic carbocycles. The number of halogens is 2. The Bertz CT molecular complexity index is 563. The van der Waals surface area contributed by atoms with Crippen LogP contribution in [0.25, 0.3) is 0 Å². The Morgan fingerprint density at radius 3 is 2.68 bits per heavy atom. The quantitative estimate of drug-likeness (QED) is 0.893. The molecule has 2 aliphatic rings. The van der Waals surface area contributed by atoms with Gasteiger partial charge in [0.15, 0.2) is 0 Å². The number of benzene rings is 1. The number of hydrogen-bond donors (Lipinski definition) is 1. The van der Waals surface area contributed by atoms with E-state index in [4.69, 9.17) is 23.2 Å². The third kappa shape index (κ3) is 3.40. The van der Waals surface area contributed by atoms with Crippen LogP contribution >= 0.6 is 35.0 Å². The van der Waals surface area contributed by atoms with Crippen LogP contribution in [0.5, 0.6) is 0 Å². The van der Waals surface area contributed by atoms with Crippen molar-refractivity contribution in [3.05, 3.63) is 33.8 Å². The van der Waals surface area contributed by atoms with Crippen LogP contribution in [0.4, 0.5) is 0 Å². The predicted octanol–water partition coefficient (Wildman–Crippen LogP) is 2.63. The van der Waals surface area contributed by atoms with Gasteiger partial charge in [0.25, 0.3) is 0 Å². The summed E-state index contributed by atoms with van der Waals surface area (Å²) in [4.78, 5) is 16.1. The standard InChI is InChI=1S/C16H20Cl2N2OS/c1-11-15(21)20(9-8-19-6-2-3-7-19)16(22-11)12-4-5-13(17)14(18)10-12/h4-5,10-11,16H,2-3,6-9H2,1H3/p+1/t11-,16-/m0/s1. The maximum Gasteiger partial charge on any atom is 0.236 e. The molecule has 1 N–H and O–H groups in total. The highest BCUT2D eigenvalue weighted by Gasteiger charge is 2.39. The monoisotopic (exact) mass is 359 g/mol. The van der Waals surface area contributed by atoms with Crippen LogP contribution in [-0.4, -0.2) is 42.2 Å². The zero-order valence-electron chi connectivity index (χ0n) is 12.6. The molecule has 0 saturated carbocycles. The van der Waals surface area contributed by atoms with Gasteiger partial charge < -0.3 is 9.80 Å². The maximum absolute atomic E-state index is 12.5. The fraction of sp³-hybridized carbons (Fsp3) is 0.562. The van der Waals surface area contributed by atoms with Gasteiger partial charge in [-0.25, -0.2) is 0 Å². The summed E-state index contributed by atoms with van der Waals surface area (Å²) in [5.74, 6) is 0.236. The molecule has 120 valence electrons. The first-order chi connectivity index (χ1) is 10.6. The number of carbonyl (C=O) groups excluding carboxylic acids is 1. The van der Waals surface area contributed by atoms with E-state index >= 15 is 0 Å². The van der Waals surface area contributed by atoms with Crippen LogP contribution < -0.4 is 4.90 Å². The summed E-state index contributed by atoms with van der Waals surface area (Å²) in [6.07, 6.45) is 2.62. The predicted molar refractivity (Wildman–Crippen MR) is 92.8 cm³/mol. The topological polar surface area (TPSA) is 24.8 Å². The Morgan fingerprint density at radius 2 is 2.00 bits per heavy atom. The van der Waals surface area contributed by atoms with Gasteiger partial charge >= 0.3 is 0 Å². The minimum Gasteiger partial charge on any atom is -0.333 e. The molecule has 1 aromatic carbocycles. The van der Waals surface area contributed by atoms with Gasteiger partial charge in [0, 0.05) is 12.8 Å². The van der Waals surface area contributed by atoms with Gasteiger partial charge in [-0.15, -0.1) is 11.8 Å². The zero-order chi connectivity index (χ0) is 15.7. The average Bonchev–Trinajstić information content (AvgIpc) is 3.10. The molecule has 0 radical (unpaired) electrons. The minimum absolute atomic E-state index is 0.00744. The van der Waals surface area contributed by atoms with Crippen LogP contribution in [0.1, 0.15) is 30.7 Å². The Kier molecular flexibility index (Phi) is 5.23. The fourth-order valence-electron chi connectivity index (χ4n) is 3.23. The molecule has 3 rings (SSSR count). The highest BCUT2D eigenvalue weighted by molar-refractivity contribution is 8.01. The van der Waals surface area contributed by atoms with Crippen LogP contribution in [0.15, 0.2) is 18.2 Å². The number of rotatable bonds is 4. The van der Waals surface area contributed by atoms with Crippen molar-refractivity contribution in [2.45, 2.75) is 30.4 Å². The van der Waals surface area contributed by atoms with Gasteiger partial charge in [0.05, 0.1) is 41.5 Å². The van der Waals surface area contributed by atoms with Gasteiger partial charge in [0.2, 0.25) is 5.91 Å². The Labute approximate surface area is 145 Å². The summed E-state index contributed by atoms with van der Waals surface area (Å²) in [6.45, 7) is 6.32. The molecule has 6 heteroatoms. The van der Waals surface area contributed by atoms with E-state index in [0.717, 1.165) is 18.7 Å². The first kappa shape index (κ1) is 16.4. The van der Waals surface area contributed by atoms with E-state index in [2.05, 4.69) is 0 Å². The van der Waals surface area contributed by atoms with Crippen molar-refractivity contribution in [2.24, 2.45) is 0 Å². The van der Waals surface area contributed by atoms with Gasteiger partial charge in [-0.2, -0.15) is 0 Å². The molecule has 2 atom stereocenters. The SMILES string of the molecule is C[C@@H]1S[C@@H](c2ccc(Cl)c(Cl)c2)N(CC[NH+]2CCCC2)C1=O. The molecular formula is C16H21Cl2N2OS+. The summed E-state index contributed by atoms with van der Waals surface area (Å²) in [5, 5.41) is 1.17. The van der Waals surface area contributed by atoms with Crippen LogP contribution in [0.2, 0.25) is 10.0 Å². The van der Waals surface area contributed by atoms with E-state index < -0.39 is 0 Å². The number of likely N-dealkylation sites (tertiary alicyclic amines) is 1. The molecule has 22 heavy (non-hydrogen) atoms. The van der Waals surface area contributed by atoms with E-state index in [9.17, 15) is 4.79 Å². The molecule has 3 nitrogen and oxygen atoms in total. The lowest BCUT2D eigenvalue weighted by molar-refractivity contribution is -0.886. The summed E-state index contributed by atoms with van der Waals surface area (Å²) in [7, 11) is 0. The zero-order valence-corrected chi connectivity index (χ0v) is 15.0. The summed E-state index contributed by atoms with van der Waals surface area (Å²) >= 11 is 13.8. The first-order valence-electron chi connectivity index (χ1n) is 7.80. The summed E-state index contributed by atoms with van der Waals surface area (Å²) < 4.78 is 0. The number of nitrogens with zero attached hydrogens (tertiary/aromatic N) is 1. The van der Waals surface area contributed by atoms with Crippen molar-refractivity contribution in [1.82, 2.24) is 4.90 Å². The number of thioether (sulfide) groups is 1. The highest BCUT2D eigenvalue weighted by Crippen LogP contribution is 2.43. The molecule has 2 heterocycles. The van der Waals surface area contributed by atoms with Crippen molar-refractivity contribution in [3.8, 4) is 0 Å². The lowest BCUT2D eigenvalue weighted by Crippen LogP contribution is -3.10. The molecule has 1 amide bonds. The van der Waals surface area contributed by atoms with Gasteiger partial charge in [-0.05, 0) is 24.6 Å². The molecule has 1 aromatic rings. The Hall–Kier alpha value is -0.420. The molecule has 0 spiro atoms. The number of carbonyl (C=O) groups is 1. The van der Waals surface area contributed by atoms with Gasteiger partial charge in [-0.3, -0.25) is 4.79 Å². The molecule has 2 fully saturated rings. The van der Waals surface area contributed by atoms with Crippen molar-refractivity contribution >= 4 is 40.9 Å². The molecule has 0 unspecified atom stereocenters. The van der Waals surface area contributed by atoms with Crippen molar-refractivity contribution in [1.29, 1.82) is 0 Å². The van der Waals surface area contributed by atoms with E-state index in [-0.39, 0.29) is 16.5 Å². The molecule has 2 saturated heterocycles. The van der Waals surface area contributed by atoms with Crippen LogP contribution in [-0.2, 0) is 4.79 Å². The molecular weight excluding hydrogens is 339 g/mol. The van der Waals surface area contributed by atoms with E-state index in [0.29, 0.717) is 10.0 Å². The number of amides is 1. The largest absolute Gasteiger partial charge is 0.333 e. The third-order valence-electron chi connectivity index (χ3n) is 4.49. The normalized spacial score (nSPS) is 26.1. The van der Waals surface area contributed by atoms with E-state index in [1.807, 2.05) is 30.0 Å². The molecule has 2 aliphatic heterocycles. The van der Waals surface area contributed by atoms with Crippen molar-refractivity contribution in [3.63, 3.8) is 0 Å². The highest BCUT2D eigenvalue weighted by atomic mass is 35.5. The average molecular weight is 360 g/mol. The van der Waals surface area contributed by atoms with Crippen LogP contribution in [0, 0.1) is 0 Å². The summed E-state index contributed by atoms with van der Waals surface area (Å²) in [6, 6.07) is 5.69. The Balaban J connectivity index is 1.75. The minimum atomic E-state index is 0.00744. The lowest BCUT2D eigenvalue weighted by atomic mass is 10.2. The van der Waals surface area contributed by atoms with Crippen LogP contribution in [0.3, 0.4) is 0 Å². The van der Waals surface area contributed by atoms with Crippen molar-refractivity contribution < 1.29 is 9.69 Å². The molecule has 0 bridgehead atoms. The van der Waals surface area contributed by atoms with Crippen molar-refractivity contribution in [2.75, 3.05) is 26.2 Å². The molecule has 0 aromatic heterocycles. The van der Waals surface area contributed by atoms with Gasteiger partial charge in [-0.1, -0.05) is 29.3 Å². The number of nitrogens with one attached hydrogen (secondary N) is 1. The number of hydrogen-bond acceptors (Lipinski definition) is 2. The summed E-state index contributed by atoms with van der Waals surface area (Å²) in [5.41, 5.74) is 1.06. The Morgan fingerprint density at radius 1 is 1.27 bits per heavy atom. The van der Waals surface area contributed by atoms with Gasteiger partial charge in [0.1, 0.15) is 5.37 Å². The maximum atomic E-state index is 12.5. The smallest absolute Gasteiger partial charge is 0.236 e. The van der Waals surface area contributed by atoms with E-state index in [1.54, 1.807) is 16.7 Å². The second-order valence-corrected chi connectivity index (χ2v) is 8.28. The third-order valence-corrected chi connectivity index (χ3v) is 6.63. The van der Waals surface area contributed by atoms with E-state index in [1.165, 1.54) is 25.9 Å².